The van der Waals surface area contributed by atoms with E-state index >= 15 is 0 Å². The summed E-state index contributed by atoms with van der Waals surface area (Å²) in [6.45, 7) is 10.2. The summed E-state index contributed by atoms with van der Waals surface area (Å²) in [6.07, 6.45) is 1.56. The SMILES string of the molecule is C[C@@H]1[C@@H](NC(=O)[C@@H]2C([C@H](C)O)[C@H](CO)ON2Cc2cccc(-c3cccc(C(=O)N(C)CCCN(C)C)c3)c2)C[C@H]2C[C@@H]1C2(C)C. The number of carbonyl (C=O) groups is 2. The zero-order valence-electron chi connectivity index (χ0n) is 28.6. The number of hydrogen-bond donors (Lipinski definition) is 3. The van der Waals surface area contributed by atoms with Crippen molar-refractivity contribution in [2.45, 2.75) is 77.8 Å². The van der Waals surface area contributed by atoms with Crippen LogP contribution in [0.1, 0.15) is 62.9 Å². The first kappa shape index (κ1) is 34.5. The molecule has 1 heterocycles. The molecule has 0 radical (unpaired) electrons. The molecule has 4 fully saturated rings. The monoisotopic (exact) mass is 634 g/mol. The molecule has 8 atom stereocenters. The minimum Gasteiger partial charge on any atom is -0.394 e. The van der Waals surface area contributed by atoms with Crippen LogP contribution in [0.4, 0.5) is 0 Å². The second kappa shape index (κ2) is 14.1. The van der Waals surface area contributed by atoms with Gasteiger partial charge in [0.25, 0.3) is 5.91 Å². The van der Waals surface area contributed by atoms with Crippen LogP contribution in [0.25, 0.3) is 11.1 Å². The summed E-state index contributed by atoms with van der Waals surface area (Å²) < 4.78 is 0. The third-order valence-corrected chi connectivity index (χ3v) is 11.2. The normalized spacial score (nSPS) is 29.3. The summed E-state index contributed by atoms with van der Waals surface area (Å²) in [6, 6.07) is 15.0. The Bertz CT molecular complexity index is 1380. The van der Waals surface area contributed by atoms with E-state index in [2.05, 4.69) is 31.0 Å². The summed E-state index contributed by atoms with van der Waals surface area (Å²) in [5.41, 5.74) is 3.75. The summed E-state index contributed by atoms with van der Waals surface area (Å²) in [5.74, 6) is 0.822. The average molecular weight is 635 g/mol. The van der Waals surface area contributed by atoms with E-state index in [4.69, 9.17) is 4.84 Å². The number of fused-ring (bicyclic) bond motifs is 2. The van der Waals surface area contributed by atoms with Crippen LogP contribution in [0.2, 0.25) is 0 Å². The van der Waals surface area contributed by atoms with Gasteiger partial charge in [-0.3, -0.25) is 14.4 Å². The molecule has 3 aliphatic carbocycles. The van der Waals surface area contributed by atoms with Gasteiger partial charge in [-0.15, -0.1) is 0 Å². The van der Waals surface area contributed by atoms with Gasteiger partial charge in [0, 0.05) is 31.1 Å². The molecule has 1 unspecified atom stereocenters. The zero-order valence-corrected chi connectivity index (χ0v) is 28.6. The maximum Gasteiger partial charge on any atom is 0.253 e. The van der Waals surface area contributed by atoms with E-state index in [9.17, 15) is 19.8 Å². The highest BCUT2D eigenvalue weighted by Gasteiger charge is 2.57. The first-order valence-corrected chi connectivity index (χ1v) is 16.9. The number of aliphatic hydroxyl groups excluding tert-OH is 2. The Kier molecular flexibility index (Phi) is 10.6. The van der Waals surface area contributed by atoms with Crippen LogP contribution in [0.15, 0.2) is 48.5 Å². The summed E-state index contributed by atoms with van der Waals surface area (Å²) in [7, 11) is 5.90. The largest absolute Gasteiger partial charge is 0.394 e. The highest BCUT2D eigenvalue weighted by atomic mass is 16.7. The van der Waals surface area contributed by atoms with Crippen molar-refractivity contribution in [1.82, 2.24) is 20.2 Å². The average Bonchev–Trinajstić information content (AvgIpc) is 3.39. The fourth-order valence-corrected chi connectivity index (χ4v) is 8.29. The second-order valence-corrected chi connectivity index (χ2v) is 14.9. The maximum atomic E-state index is 14.0. The standard InChI is InChI=1S/C37H54N4O5/c1-23-30-19-29(37(30,3)4)20-31(23)38-35(44)34-33(24(2)43)32(22-42)46-41(34)21-25-11-8-12-26(17-25)27-13-9-14-28(18-27)36(45)40(7)16-10-15-39(5)6/h8-9,11-14,17-18,23-24,29-34,42-43H,10,15-16,19-22H2,1-7H3,(H,38,44)/t23-,24-,29+,30-,31-,32-,33?,34-/m0/s1. The Labute approximate surface area is 274 Å². The van der Waals surface area contributed by atoms with Crippen LogP contribution in [0.5, 0.6) is 0 Å². The quantitative estimate of drug-likeness (QED) is 0.324. The molecule has 6 rings (SSSR count). The molecule has 46 heavy (non-hydrogen) atoms. The van der Waals surface area contributed by atoms with Crippen molar-refractivity contribution in [2.75, 3.05) is 40.8 Å². The van der Waals surface area contributed by atoms with E-state index in [1.54, 1.807) is 16.9 Å². The minimum absolute atomic E-state index is 0.0107. The molecule has 1 saturated heterocycles. The Balaban J connectivity index is 1.32. The van der Waals surface area contributed by atoms with Crippen LogP contribution < -0.4 is 5.32 Å². The van der Waals surface area contributed by atoms with Gasteiger partial charge in [0.15, 0.2) is 0 Å². The lowest BCUT2D eigenvalue weighted by molar-refractivity contribution is -0.183. The van der Waals surface area contributed by atoms with Crippen molar-refractivity contribution >= 4 is 11.8 Å². The summed E-state index contributed by atoms with van der Waals surface area (Å²) in [4.78, 5) is 37.2. The molecule has 1 aliphatic heterocycles. The lowest BCUT2D eigenvalue weighted by atomic mass is 9.45. The number of nitrogens with one attached hydrogen (secondary N) is 1. The third-order valence-electron chi connectivity index (χ3n) is 11.2. The number of aliphatic hydroxyl groups is 2. The van der Waals surface area contributed by atoms with Gasteiger partial charge < -0.3 is 25.3 Å². The number of hydrogen-bond acceptors (Lipinski definition) is 7. The van der Waals surface area contributed by atoms with Gasteiger partial charge in [-0.1, -0.05) is 51.1 Å². The van der Waals surface area contributed by atoms with Crippen LogP contribution in [-0.2, 0) is 16.2 Å². The van der Waals surface area contributed by atoms with Gasteiger partial charge >= 0.3 is 0 Å². The molecule has 9 heteroatoms. The van der Waals surface area contributed by atoms with Crippen LogP contribution >= 0.6 is 0 Å². The number of benzene rings is 2. The molecule has 3 saturated carbocycles. The molecule has 2 aromatic rings. The number of rotatable bonds is 12. The lowest BCUT2D eigenvalue weighted by Crippen LogP contribution is -2.62. The molecule has 0 aromatic heterocycles. The number of carbonyl (C=O) groups excluding carboxylic acids is 2. The fourth-order valence-electron chi connectivity index (χ4n) is 8.29. The summed E-state index contributed by atoms with van der Waals surface area (Å²) in [5, 5.41) is 25.9. The Morgan fingerprint density at radius 2 is 1.76 bits per heavy atom. The molecular weight excluding hydrogens is 580 g/mol. The third kappa shape index (κ3) is 7.04. The zero-order chi connectivity index (χ0) is 33.3. The smallest absolute Gasteiger partial charge is 0.253 e. The van der Waals surface area contributed by atoms with E-state index in [-0.39, 0.29) is 24.5 Å². The summed E-state index contributed by atoms with van der Waals surface area (Å²) >= 11 is 0. The van der Waals surface area contributed by atoms with Gasteiger partial charge in [-0.2, -0.15) is 5.06 Å². The van der Waals surface area contributed by atoms with Crippen molar-refractivity contribution in [3.05, 3.63) is 59.7 Å². The molecular formula is C37H54N4O5. The van der Waals surface area contributed by atoms with Crippen molar-refractivity contribution in [3.8, 4) is 11.1 Å². The van der Waals surface area contributed by atoms with E-state index in [1.807, 2.05) is 69.7 Å². The first-order chi connectivity index (χ1) is 21.8. The highest BCUT2D eigenvalue weighted by molar-refractivity contribution is 5.95. The molecule has 2 amide bonds. The topological polar surface area (TPSA) is 106 Å². The number of amides is 2. The van der Waals surface area contributed by atoms with Crippen LogP contribution in [-0.4, -0.2) is 102 Å². The fraction of sp³-hybridized carbons (Fsp3) is 0.622. The van der Waals surface area contributed by atoms with Crippen molar-refractivity contribution in [3.63, 3.8) is 0 Å². The molecule has 2 aromatic carbocycles. The predicted octanol–water partition coefficient (Wildman–Crippen LogP) is 4.04. The van der Waals surface area contributed by atoms with Gasteiger partial charge in [0.2, 0.25) is 5.91 Å². The van der Waals surface area contributed by atoms with Crippen LogP contribution in [0.3, 0.4) is 0 Å². The van der Waals surface area contributed by atoms with Gasteiger partial charge in [-0.25, -0.2) is 0 Å². The van der Waals surface area contributed by atoms with Gasteiger partial charge in [-0.05, 0) is 105 Å². The molecule has 0 spiro atoms. The molecule has 2 bridgehead atoms. The Morgan fingerprint density at radius 3 is 2.39 bits per heavy atom. The molecule has 252 valence electrons. The van der Waals surface area contributed by atoms with E-state index in [0.717, 1.165) is 36.1 Å². The number of hydroxylamine groups is 2. The lowest BCUT2D eigenvalue weighted by Gasteiger charge is -2.62. The van der Waals surface area contributed by atoms with Gasteiger partial charge in [0.05, 0.1) is 19.3 Å². The van der Waals surface area contributed by atoms with E-state index in [1.165, 1.54) is 6.42 Å². The van der Waals surface area contributed by atoms with Crippen LogP contribution in [0, 0.1) is 29.1 Å². The molecule has 9 nitrogen and oxygen atoms in total. The van der Waals surface area contributed by atoms with Gasteiger partial charge in [0.1, 0.15) is 12.1 Å². The Morgan fingerprint density at radius 1 is 1.07 bits per heavy atom. The van der Waals surface area contributed by atoms with E-state index < -0.39 is 24.2 Å². The van der Waals surface area contributed by atoms with Crippen molar-refractivity contribution in [2.24, 2.45) is 29.1 Å². The number of nitrogens with zero attached hydrogens (tertiary/aromatic N) is 3. The molecule has 4 aliphatic rings. The Hall–Kier alpha value is -2.82. The van der Waals surface area contributed by atoms with Crippen molar-refractivity contribution < 1.29 is 24.6 Å². The minimum atomic E-state index is -0.846. The molecule has 3 N–H and O–H groups in total. The second-order valence-electron chi connectivity index (χ2n) is 14.9. The van der Waals surface area contributed by atoms with E-state index in [0.29, 0.717) is 41.8 Å². The maximum absolute atomic E-state index is 14.0. The first-order valence-electron chi connectivity index (χ1n) is 16.9. The van der Waals surface area contributed by atoms with Crippen molar-refractivity contribution in [1.29, 1.82) is 0 Å². The predicted molar refractivity (Wildman–Crippen MR) is 180 cm³/mol. The highest BCUT2D eigenvalue weighted by Crippen LogP contribution is 2.61.